The summed E-state index contributed by atoms with van der Waals surface area (Å²) in [5.41, 5.74) is 1.65. The quantitative estimate of drug-likeness (QED) is 0.710. The number of aromatic nitrogens is 2. The molecule has 0 fully saturated rings. The molecule has 0 radical (unpaired) electrons. The second kappa shape index (κ2) is 7.65. The van der Waals surface area contributed by atoms with Crippen LogP contribution in [0.3, 0.4) is 0 Å². The highest BCUT2D eigenvalue weighted by molar-refractivity contribution is 6.04. The summed E-state index contributed by atoms with van der Waals surface area (Å²) in [6.07, 6.45) is 0. The largest absolute Gasteiger partial charge is 0.497 e. The number of ether oxygens (including phenoxy) is 1. The Bertz CT molecular complexity index is 950. The smallest absolute Gasteiger partial charge is 0.279 e. The van der Waals surface area contributed by atoms with Gasteiger partial charge in [0.1, 0.15) is 11.4 Å². The van der Waals surface area contributed by atoms with Gasteiger partial charge in [0.25, 0.3) is 11.5 Å². The van der Waals surface area contributed by atoms with E-state index in [1.165, 1.54) is 19.2 Å². The summed E-state index contributed by atoms with van der Waals surface area (Å²) < 4.78 is 6.34. The molecule has 1 aromatic heterocycles. The van der Waals surface area contributed by atoms with Crippen molar-refractivity contribution in [2.45, 2.75) is 6.54 Å². The van der Waals surface area contributed by atoms with Crippen molar-refractivity contribution in [3.8, 4) is 5.75 Å². The maximum absolute atomic E-state index is 13.1. The maximum atomic E-state index is 13.1. The van der Waals surface area contributed by atoms with Crippen LogP contribution in [0, 0.1) is 0 Å². The lowest BCUT2D eigenvalue weighted by Crippen LogP contribution is -2.33. The van der Waals surface area contributed by atoms with Gasteiger partial charge in [-0.15, -0.1) is 0 Å². The summed E-state index contributed by atoms with van der Waals surface area (Å²) in [6.45, 7) is 0.385. The molecule has 3 rings (SSSR count). The predicted molar refractivity (Wildman–Crippen MR) is 99.4 cm³/mol. The molecule has 0 unspecified atom stereocenters. The van der Waals surface area contributed by atoms with Crippen LogP contribution in [0.5, 0.6) is 5.75 Å². The molecule has 26 heavy (non-hydrogen) atoms. The van der Waals surface area contributed by atoms with E-state index in [-0.39, 0.29) is 17.2 Å². The van der Waals surface area contributed by atoms with E-state index in [2.05, 4.69) is 5.10 Å². The minimum atomic E-state index is -0.283. The molecule has 0 aliphatic heterocycles. The van der Waals surface area contributed by atoms with E-state index >= 15 is 0 Å². The molecule has 0 spiro atoms. The average Bonchev–Trinajstić information content (AvgIpc) is 2.68. The third-order valence-corrected chi connectivity index (χ3v) is 3.99. The van der Waals surface area contributed by atoms with Crippen LogP contribution in [0.1, 0.15) is 16.1 Å². The number of methoxy groups -OCH3 is 1. The van der Waals surface area contributed by atoms with E-state index in [1.807, 2.05) is 42.5 Å². The molecule has 0 saturated carbocycles. The van der Waals surface area contributed by atoms with Crippen LogP contribution in [-0.4, -0.2) is 22.8 Å². The normalized spacial score (nSPS) is 10.4. The highest BCUT2D eigenvalue weighted by Gasteiger charge is 2.20. The summed E-state index contributed by atoms with van der Waals surface area (Å²) in [7, 11) is 3.12. The first-order valence-corrected chi connectivity index (χ1v) is 8.12. The van der Waals surface area contributed by atoms with Crippen LogP contribution in [0.15, 0.2) is 71.5 Å². The van der Waals surface area contributed by atoms with Crippen molar-refractivity contribution in [1.29, 1.82) is 0 Å². The standard InChI is InChI=1S/C20H19N3O3/c1-22-19(24)13-12-18(21-22)20(25)23(14-15-6-4-3-5-7-15)16-8-10-17(26-2)11-9-16/h3-13H,14H2,1-2H3. The van der Waals surface area contributed by atoms with Crippen molar-refractivity contribution in [1.82, 2.24) is 9.78 Å². The Balaban J connectivity index is 1.99. The van der Waals surface area contributed by atoms with Crippen LogP contribution in [0.2, 0.25) is 0 Å². The van der Waals surface area contributed by atoms with Crippen LogP contribution in [0.4, 0.5) is 5.69 Å². The molecule has 3 aromatic rings. The van der Waals surface area contributed by atoms with Gasteiger partial charge in [-0.2, -0.15) is 5.10 Å². The van der Waals surface area contributed by atoms with Crippen LogP contribution < -0.4 is 15.2 Å². The minimum Gasteiger partial charge on any atom is -0.497 e. The maximum Gasteiger partial charge on any atom is 0.279 e. The molecule has 1 heterocycles. The number of aryl methyl sites for hydroxylation is 1. The number of hydrogen-bond donors (Lipinski definition) is 0. The first-order chi connectivity index (χ1) is 12.6. The van der Waals surface area contributed by atoms with Crippen molar-refractivity contribution in [2.75, 3.05) is 12.0 Å². The number of nitrogens with zero attached hydrogens (tertiary/aromatic N) is 3. The lowest BCUT2D eigenvalue weighted by Gasteiger charge is -2.23. The van der Waals surface area contributed by atoms with Gasteiger partial charge in [-0.25, -0.2) is 4.68 Å². The van der Waals surface area contributed by atoms with Crippen molar-refractivity contribution in [3.05, 3.63) is 88.3 Å². The Morgan fingerprint density at radius 3 is 2.35 bits per heavy atom. The first kappa shape index (κ1) is 17.4. The molecule has 0 aliphatic carbocycles. The van der Waals surface area contributed by atoms with Gasteiger partial charge in [-0.1, -0.05) is 30.3 Å². The Hall–Kier alpha value is -3.41. The van der Waals surface area contributed by atoms with Crippen molar-refractivity contribution < 1.29 is 9.53 Å². The van der Waals surface area contributed by atoms with Gasteiger partial charge < -0.3 is 9.64 Å². The molecule has 0 N–H and O–H groups in total. The van der Waals surface area contributed by atoms with Gasteiger partial charge >= 0.3 is 0 Å². The van der Waals surface area contributed by atoms with E-state index in [0.717, 1.165) is 15.9 Å². The summed E-state index contributed by atoms with van der Waals surface area (Å²) in [5, 5.41) is 4.08. The molecular formula is C20H19N3O3. The number of anilines is 1. The Kier molecular flexibility index (Phi) is 5.12. The lowest BCUT2D eigenvalue weighted by atomic mass is 10.1. The summed E-state index contributed by atoms with van der Waals surface area (Å²) in [4.78, 5) is 26.3. The molecule has 1 amide bonds. The van der Waals surface area contributed by atoms with E-state index in [0.29, 0.717) is 12.3 Å². The fourth-order valence-corrected chi connectivity index (χ4v) is 2.56. The number of benzene rings is 2. The number of carbonyl (C=O) groups excluding carboxylic acids is 1. The minimum absolute atomic E-state index is 0.207. The number of hydrogen-bond acceptors (Lipinski definition) is 4. The second-order valence-electron chi connectivity index (χ2n) is 5.76. The molecule has 0 aliphatic rings. The summed E-state index contributed by atoms with van der Waals surface area (Å²) >= 11 is 0. The van der Waals surface area contributed by atoms with E-state index in [9.17, 15) is 9.59 Å². The fraction of sp³-hybridized carbons (Fsp3) is 0.150. The SMILES string of the molecule is COc1ccc(N(Cc2ccccc2)C(=O)c2ccc(=O)n(C)n2)cc1. The zero-order valence-corrected chi connectivity index (χ0v) is 14.6. The molecule has 6 heteroatoms. The zero-order chi connectivity index (χ0) is 18.5. The van der Waals surface area contributed by atoms with Gasteiger partial charge in [0.15, 0.2) is 0 Å². The lowest BCUT2D eigenvalue weighted by molar-refractivity contribution is 0.0978. The third-order valence-electron chi connectivity index (χ3n) is 3.99. The van der Waals surface area contributed by atoms with E-state index in [1.54, 1.807) is 24.1 Å². The molecule has 132 valence electrons. The molecular weight excluding hydrogens is 330 g/mol. The number of rotatable bonds is 5. The molecule has 6 nitrogen and oxygen atoms in total. The third kappa shape index (κ3) is 3.80. The Morgan fingerprint density at radius 2 is 1.73 bits per heavy atom. The second-order valence-corrected chi connectivity index (χ2v) is 5.76. The van der Waals surface area contributed by atoms with Crippen LogP contribution in [-0.2, 0) is 13.6 Å². The number of carbonyl (C=O) groups is 1. The molecule has 0 saturated heterocycles. The Morgan fingerprint density at radius 1 is 1.04 bits per heavy atom. The zero-order valence-electron chi connectivity index (χ0n) is 14.6. The Labute approximate surface area is 151 Å². The summed E-state index contributed by atoms with van der Waals surface area (Å²) in [6, 6.07) is 19.7. The monoisotopic (exact) mass is 349 g/mol. The van der Waals surface area contributed by atoms with Crippen molar-refractivity contribution in [2.24, 2.45) is 7.05 Å². The van der Waals surface area contributed by atoms with Crippen LogP contribution >= 0.6 is 0 Å². The van der Waals surface area contributed by atoms with Gasteiger partial charge in [0.05, 0.1) is 13.7 Å². The van der Waals surface area contributed by atoms with Gasteiger partial charge in [-0.05, 0) is 35.9 Å². The van der Waals surface area contributed by atoms with E-state index in [4.69, 9.17) is 4.74 Å². The first-order valence-electron chi connectivity index (χ1n) is 8.12. The van der Waals surface area contributed by atoms with Gasteiger partial charge in [0.2, 0.25) is 0 Å². The predicted octanol–water partition coefficient (Wildman–Crippen LogP) is 2.64. The highest BCUT2D eigenvalue weighted by atomic mass is 16.5. The van der Waals surface area contributed by atoms with Crippen molar-refractivity contribution in [3.63, 3.8) is 0 Å². The molecule has 2 aromatic carbocycles. The topological polar surface area (TPSA) is 64.4 Å². The molecule has 0 atom stereocenters. The van der Waals surface area contributed by atoms with Crippen molar-refractivity contribution >= 4 is 11.6 Å². The average molecular weight is 349 g/mol. The number of amides is 1. The van der Waals surface area contributed by atoms with Gasteiger partial charge in [-0.3, -0.25) is 9.59 Å². The fourth-order valence-electron chi connectivity index (χ4n) is 2.56. The highest BCUT2D eigenvalue weighted by Crippen LogP contribution is 2.22. The van der Waals surface area contributed by atoms with E-state index < -0.39 is 0 Å². The molecule has 0 bridgehead atoms. The van der Waals surface area contributed by atoms with Crippen LogP contribution in [0.25, 0.3) is 0 Å². The van der Waals surface area contributed by atoms with Gasteiger partial charge in [0, 0.05) is 18.8 Å². The summed E-state index contributed by atoms with van der Waals surface area (Å²) in [5.74, 6) is 0.427.